The lowest BCUT2D eigenvalue weighted by Crippen LogP contribution is -2.40. The van der Waals surface area contributed by atoms with Crippen molar-refractivity contribution in [1.82, 2.24) is 0 Å². The third-order valence-corrected chi connectivity index (χ3v) is 3.61. The summed E-state index contributed by atoms with van der Waals surface area (Å²) in [6.45, 7) is 1.70. The van der Waals surface area contributed by atoms with Crippen LogP contribution in [0.2, 0.25) is 0 Å². The van der Waals surface area contributed by atoms with Gasteiger partial charge in [-0.25, -0.2) is 4.79 Å². The minimum absolute atomic E-state index is 0.00445. The molecule has 0 fully saturated rings. The normalized spacial score (nSPS) is 11.4. The molecule has 0 bridgehead atoms. The molecule has 24 heavy (non-hydrogen) atoms. The summed E-state index contributed by atoms with van der Waals surface area (Å²) in [5.41, 5.74) is 0.640. The van der Waals surface area contributed by atoms with Crippen LogP contribution in [0.3, 0.4) is 0 Å². The van der Waals surface area contributed by atoms with Crippen molar-refractivity contribution in [2.45, 2.75) is 19.4 Å². The van der Waals surface area contributed by atoms with Crippen molar-refractivity contribution >= 4 is 33.5 Å². The number of carbonyl (C=O) groups excluding carboxylic acids is 2. The summed E-state index contributed by atoms with van der Waals surface area (Å²) in [4.78, 5) is 26.0. The largest absolute Gasteiger partial charge is 0.447 e. The maximum atomic E-state index is 12.6. The van der Waals surface area contributed by atoms with Crippen LogP contribution in [0.1, 0.15) is 23.9 Å². The first-order valence-corrected chi connectivity index (χ1v) is 8.02. The summed E-state index contributed by atoms with van der Waals surface area (Å²) in [5, 5.41) is 8.79. The average molecular weight is 391 g/mol. The predicted molar refractivity (Wildman–Crippen MR) is 90.3 cm³/mol. The number of halogens is 1. The Balaban J connectivity index is 2.10. The molecule has 2 aromatic rings. The highest BCUT2D eigenvalue weighted by atomic mass is 79.9. The van der Waals surface area contributed by atoms with Gasteiger partial charge in [0.2, 0.25) is 5.76 Å². The molecule has 0 aliphatic carbocycles. The fourth-order valence-corrected chi connectivity index (χ4v) is 2.36. The van der Waals surface area contributed by atoms with Gasteiger partial charge in [-0.15, -0.1) is 0 Å². The summed E-state index contributed by atoms with van der Waals surface area (Å²) in [7, 11) is 0. The topological polar surface area (TPSA) is 83.5 Å². The molecule has 0 aliphatic heterocycles. The van der Waals surface area contributed by atoms with E-state index in [-0.39, 0.29) is 18.7 Å². The standard InChI is InChI=1S/C17H15BrN2O4/c1-12(23-17(22)14-8-9-15(18)24-14)16(21)20(11-5-10-19)13-6-3-2-4-7-13/h2-4,6-9,12H,5,11H2,1H3. The Morgan fingerprint density at radius 1 is 1.29 bits per heavy atom. The van der Waals surface area contributed by atoms with Crippen molar-refractivity contribution < 1.29 is 18.7 Å². The second-order valence-electron chi connectivity index (χ2n) is 4.88. The molecule has 1 aromatic heterocycles. The van der Waals surface area contributed by atoms with E-state index < -0.39 is 18.0 Å². The summed E-state index contributed by atoms with van der Waals surface area (Å²) in [6.07, 6.45) is -0.841. The highest BCUT2D eigenvalue weighted by molar-refractivity contribution is 9.10. The number of hydrogen-bond acceptors (Lipinski definition) is 5. The van der Waals surface area contributed by atoms with E-state index >= 15 is 0 Å². The summed E-state index contributed by atoms with van der Waals surface area (Å²) in [6, 6.07) is 13.9. The first-order chi connectivity index (χ1) is 11.5. The van der Waals surface area contributed by atoms with Crippen LogP contribution < -0.4 is 4.90 Å². The number of nitrogens with zero attached hydrogens (tertiary/aromatic N) is 2. The fourth-order valence-electron chi connectivity index (χ4n) is 2.05. The van der Waals surface area contributed by atoms with Gasteiger partial charge < -0.3 is 14.1 Å². The molecule has 1 unspecified atom stereocenters. The minimum atomic E-state index is -1.01. The van der Waals surface area contributed by atoms with E-state index in [9.17, 15) is 9.59 Å². The number of nitriles is 1. The van der Waals surface area contributed by atoms with Gasteiger partial charge in [-0.1, -0.05) is 18.2 Å². The molecule has 7 heteroatoms. The molecule has 0 spiro atoms. The highest BCUT2D eigenvalue weighted by Crippen LogP contribution is 2.18. The van der Waals surface area contributed by atoms with Crippen LogP contribution in [0, 0.1) is 11.3 Å². The van der Waals surface area contributed by atoms with Gasteiger partial charge in [0.1, 0.15) is 0 Å². The van der Waals surface area contributed by atoms with E-state index in [1.165, 1.54) is 17.9 Å². The van der Waals surface area contributed by atoms with Crippen LogP contribution in [0.5, 0.6) is 0 Å². The molecule has 0 saturated heterocycles. The molecule has 0 saturated carbocycles. The number of para-hydroxylation sites is 1. The van der Waals surface area contributed by atoms with E-state index in [0.717, 1.165) is 0 Å². The summed E-state index contributed by atoms with van der Waals surface area (Å²) < 4.78 is 10.7. The van der Waals surface area contributed by atoms with E-state index in [1.807, 2.05) is 12.1 Å². The fraction of sp³-hybridized carbons (Fsp3) is 0.235. The number of furan rings is 1. The smallest absolute Gasteiger partial charge is 0.375 e. The maximum absolute atomic E-state index is 12.6. The molecule has 2 rings (SSSR count). The van der Waals surface area contributed by atoms with Gasteiger partial charge in [-0.3, -0.25) is 4.79 Å². The van der Waals surface area contributed by atoms with E-state index in [1.54, 1.807) is 30.3 Å². The number of benzene rings is 1. The van der Waals surface area contributed by atoms with Crippen molar-refractivity contribution in [1.29, 1.82) is 5.26 Å². The molecule has 1 heterocycles. The Morgan fingerprint density at radius 2 is 2.00 bits per heavy atom. The number of ether oxygens (including phenoxy) is 1. The van der Waals surface area contributed by atoms with Crippen LogP contribution in [0.15, 0.2) is 51.6 Å². The Bertz CT molecular complexity index is 751. The SMILES string of the molecule is CC(OC(=O)c1ccc(Br)o1)C(=O)N(CCC#N)c1ccccc1. The van der Waals surface area contributed by atoms with Crippen LogP contribution in [0.4, 0.5) is 5.69 Å². The van der Waals surface area contributed by atoms with Crippen molar-refractivity contribution in [3.8, 4) is 6.07 Å². The molecule has 1 atom stereocenters. The van der Waals surface area contributed by atoms with Gasteiger partial charge in [-0.05, 0) is 47.1 Å². The van der Waals surface area contributed by atoms with Gasteiger partial charge >= 0.3 is 5.97 Å². The molecule has 0 radical (unpaired) electrons. The molecule has 124 valence electrons. The zero-order valence-corrected chi connectivity index (χ0v) is 14.5. The van der Waals surface area contributed by atoms with Crippen molar-refractivity contribution in [3.05, 3.63) is 52.9 Å². The molecule has 1 amide bonds. The molecular weight excluding hydrogens is 376 g/mol. The van der Waals surface area contributed by atoms with Crippen molar-refractivity contribution in [2.24, 2.45) is 0 Å². The molecule has 0 aliphatic rings. The second kappa shape index (κ2) is 8.31. The summed E-state index contributed by atoms with van der Waals surface area (Å²) in [5.74, 6) is -1.13. The average Bonchev–Trinajstić information content (AvgIpc) is 3.02. The number of rotatable bonds is 6. The van der Waals surface area contributed by atoms with Gasteiger partial charge in [-0.2, -0.15) is 5.26 Å². The van der Waals surface area contributed by atoms with E-state index in [0.29, 0.717) is 10.4 Å². The lowest BCUT2D eigenvalue weighted by Gasteiger charge is -2.24. The number of esters is 1. The zero-order valence-electron chi connectivity index (χ0n) is 12.9. The van der Waals surface area contributed by atoms with Crippen LogP contribution >= 0.6 is 15.9 Å². The van der Waals surface area contributed by atoms with E-state index in [2.05, 4.69) is 15.9 Å². The van der Waals surface area contributed by atoms with Gasteiger partial charge in [0, 0.05) is 12.2 Å². The zero-order chi connectivity index (χ0) is 17.5. The molecule has 6 nitrogen and oxygen atoms in total. The number of amides is 1. The lowest BCUT2D eigenvalue weighted by molar-refractivity contribution is -0.126. The van der Waals surface area contributed by atoms with E-state index in [4.69, 9.17) is 14.4 Å². The molecule has 1 aromatic carbocycles. The third-order valence-electron chi connectivity index (χ3n) is 3.19. The minimum Gasteiger partial charge on any atom is -0.447 e. The first kappa shape index (κ1) is 17.8. The maximum Gasteiger partial charge on any atom is 0.375 e. The highest BCUT2D eigenvalue weighted by Gasteiger charge is 2.26. The van der Waals surface area contributed by atoms with Crippen LogP contribution in [-0.4, -0.2) is 24.5 Å². The van der Waals surface area contributed by atoms with Crippen LogP contribution in [-0.2, 0) is 9.53 Å². The molecule has 0 N–H and O–H groups in total. The monoisotopic (exact) mass is 390 g/mol. The molecular formula is C17H15BrN2O4. The predicted octanol–water partition coefficient (Wildman–Crippen LogP) is 3.53. The first-order valence-electron chi connectivity index (χ1n) is 7.22. The number of carbonyl (C=O) groups is 2. The Hall–Kier alpha value is -2.59. The van der Waals surface area contributed by atoms with Crippen molar-refractivity contribution in [2.75, 3.05) is 11.4 Å². The Kier molecular flexibility index (Phi) is 6.15. The van der Waals surface area contributed by atoms with Crippen molar-refractivity contribution in [3.63, 3.8) is 0 Å². The second-order valence-corrected chi connectivity index (χ2v) is 5.67. The third kappa shape index (κ3) is 4.46. The van der Waals surface area contributed by atoms with Gasteiger partial charge in [0.05, 0.1) is 12.5 Å². The summed E-state index contributed by atoms with van der Waals surface area (Å²) >= 11 is 3.10. The van der Waals surface area contributed by atoms with Crippen LogP contribution in [0.25, 0.3) is 0 Å². The Morgan fingerprint density at radius 3 is 2.58 bits per heavy atom. The van der Waals surface area contributed by atoms with Gasteiger partial charge in [0.25, 0.3) is 5.91 Å². The quantitative estimate of drug-likeness (QED) is 0.704. The lowest BCUT2D eigenvalue weighted by atomic mass is 10.2. The van der Waals surface area contributed by atoms with Gasteiger partial charge in [0.15, 0.2) is 10.8 Å². The number of anilines is 1. The Labute approximate surface area is 147 Å². The number of hydrogen-bond donors (Lipinski definition) is 0.